The highest BCUT2D eigenvalue weighted by Crippen LogP contribution is 2.27. The average Bonchev–Trinajstić information content (AvgIpc) is 3.15. The molecule has 0 fully saturated rings. The Morgan fingerprint density at radius 3 is 2.58 bits per heavy atom. The molecule has 0 bridgehead atoms. The first kappa shape index (κ1) is 18.7. The molecule has 0 aliphatic rings. The quantitative estimate of drug-likeness (QED) is 0.614. The molecule has 2 heterocycles. The lowest BCUT2D eigenvalue weighted by atomic mass is 10.3. The van der Waals surface area contributed by atoms with Crippen LogP contribution in [0.25, 0.3) is 5.69 Å². The van der Waals surface area contributed by atoms with Gasteiger partial charge in [-0.2, -0.15) is 5.10 Å². The molecule has 1 unspecified atom stereocenters. The smallest absolute Gasteiger partial charge is 0.237 e. The van der Waals surface area contributed by atoms with Crippen molar-refractivity contribution in [3.63, 3.8) is 0 Å². The number of rotatable bonds is 5. The minimum absolute atomic E-state index is 0.0699. The summed E-state index contributed by atoms with van der Waals surface area (Å²) in [7, 11) is 1.87. The number of nitrogens with one attached hydrogen (secondary N) is 1. The molecule has 0 aliphatic heterocycles. The van der Waals surface area contributed by atoms with Crippen LogP contribution in [0.1, 0.15) is 18.3 Å². The number of nitrogens with zero attached hydrogens (tertiary/aromatic N) is 4. The fourth-order valence-electron chi connectivity index (χ4n) is 2.57. The van der Waals surface area contributed by atoms with E-state index in [4.69, 9.17) is 0 Å². The van der Waals surface area contributed by atoms with Gasteiger partial charge in [0.05, 0.1) is 22.3 Å². The van der Waals surface area contributed by atoms with Crippen LogP contribution in [0.15, 0.2) is 46.3 Å². The highest BCUT2D eigenvalue weighted by molar-refractivity contribution is 9.10. The molecule has 1 N–H and O–H groups in total. The average molecular weight is 434 g/mol. The number of hydrogen-bond donors (Lipinski definition) is 1. The Labute approximate surface area is 165 Å². The van der Waals surface area contributed by atoms with Gasteiger partial charge in [0.25, 0.3) is 0 Å². The normalized spacial score (nSPS) is 12.2. The highest BCUT2D eigenvalue weighted by atomic mass is 79.9. The van der Waals surface area contributed by atoms with Crippen molar-refractivity contribution in [1.29, 1.82) is 0 Å². The van der Waals surface area contributed by atoms with E-state index in [0.717, 1.165) is 32.4 Å². The highest BCUT2D eigenvalue weighted by Gasteiger charge is 2.20. The molecule has 0 saturated heterocycles. The van der Waals surface area contributed by atoms with Crippen molar-refractivity contribution in [3.05, 3.63) is 52.5 Å². The van der Waals surface area contributed by atoms with Gasteiger partial charge in [0.15, 0.2) is 5.16 Å². The minimum Gasteiger partial charge on any atom is -0.322 e. The van der Waals surface area contributed by atoms with Crippen molar-refractivity contribution in [2.24, 2.45) is 7.05 Å². The van der Waals surface area contributed by atoms with Crippen LogP contribution in [0.5, 0.6) is 0 Å². The first-order chi connectivity index (χ1) is 12.4. The van der Waals surface area contributed by atoms with Crippen molar-refractivity contribution < 1.29 is 4.79 Å². The van der Waals surface area contributed by atoms with E-state index < -0.39 is 0 Å². The van der Waals surface area contributed by atoms with E-state index in [0.29, 0.717) is 0 Å². The summed E-state index contributed by atoms with van der Waals surface area (Å²) in [4.78, 5) is 17.0. The summed E-state index contributed by atoms with van der Waals surface area (Å²) in [6, 6.07) is 7.97. The number of anilines is 1. The fraction of sp³-hybridized carbons (Fsp3) is 0.278. The van der Waals surface area contributed by atoms with E-state index in [-0.39, 0.29) is 11.2 Å². The van der Waals surface area contributed by atoms with Gasteiger partial charge in [-0.05, 0) is 45.0 Å². The number of hydrogen-bond acceptors (Lipinski definition) is 4. The fourth-order valence-corrected chi connectivity index (χ4v) is 3.71. The summed E-state index contributed by atoms with van der Waals surface area (Å²) in [6.45, 7) is 5.70. The van der Waals surface area contributed by atoms with Crippen molar-refractivity contribution in [2.45, 2.75) is 31.2 Å². The second-order valence-electron chi connectivity index (χ2n) is 5.97. The Kier molecular flexibility index (Phi) is 5.52. The number of carbonyl (C=O) groups excluding carboxylic acids is 1. The molecule has 136 valence electrons. The topological polar surface area (TPSA) is 64.7 Å². The van der Waals surface area contributed by atoms with E-state index in [1.807, 2.05) is 62.8 Å². The maximum atomic E-state index is 12.6. The molecule has 0 spiro atoms. The summed E-state index contributed by atoms with van der Waals surface area (Å²) in [6.07, 6.45) is 3.63. The van der Waals surface area contributed by atoms with Crippen LogP contribution in [0.2, 0.25) is 0 Å². The summed E-state index contributed by atoms with van der Waals surface area (Å²) in [5.41, 5.74) is 3.53. The molecule has 1 atom stereocenters. The number of carbonyl (C=O) groups is 1. The molecular weight excluding hydrogens is 414 g/mol. The van der Waals surface area contributed by atoms with Gasteiger partial charge >= 0.3 is 0 Å². The van der Waals surface area contributed by atoms with E-state index in [1.165, 1.54) is 11.8 Å². The van der Waals surface area contributed by atoms with Crippen molar-refractivity contribution in [3.8, 4) is 5.69 Å². The lowest BCUT2D eigenvalue weighted by Crippen LogP contribution is -2.23. The van der Waals surface area contributed by atoms with Gasteiger partial charge in [0.2, 0.25) is 5.91 Å². The molecule has 0 radical (unpaired) electrons. The van der Waals surface area contributed by atoms with E-state index in [1.54, 1.807) is 10.9 Å². The summed E-state index contributed by atoms with van der Waals surface area (Å²) in [5, 5.41) is 7.80. The predicted molar refractivity (Wildman–Crippen MR) is 108 cm³/mol. The molecular formula is C18H20BrN5OS. The van der Waals surface area contributed by atoms with Crippen LogP contribution in [-0.4, -0.2) is 30.5 Å². The second kappa shape index (κ2) is 7.67. The predicted octanol–water partition coefficient (Wildman–Crippen LogP) is 4.10. The molecule has 3 aromatic rings. The standard InChI is InChI=1S/C18H20BrN5OS/c1-11-16(12(2)23(4)22-11)21-17(25)13(3)26-18-20-9-10-24(18)15-7-5-14(19)6-8-15/h5-10,13H,1-4H3,(H,21,25). The minimum atomic E-state index is -0.300. The van der Waals surface area contributed by atoms with E-state index in [9.17, 15) is 4.79 Å². The van der Waals surface area contributed by atoms with Gasteiger partial charge in [-0.25, -0.2) is 4.98 Å². The third-order valence-corrected chi connectivity index (χ3v) is 5.73. The number of aromatic nitrogens is 4. The number of imidazole rings is 1. The molecule has 26 heavy (non-hydrogen) atoms. The monoisotopic (exact) mass is 433 g/mol. The van der Waals surface area contributed by atoms with Gasteiger partial charge in [0, 0.05) is 29.6 Å². The maximum absolute atomic E-state index is 12.6. The van der Waals surface area contributed by atoms with Gasteiger partial charge in [-0.3, -0.25) is 14.0 Å². The molecule has 8 heteroatoms. The van der Waals surface area contributed by atoms with Crippen molar-refractivity contribution >= 4 is 39.3 Å². The van der Waals surface area contributed by atoms with E-state index >= 15 is 0 Å². The summed E-state index contributed by atoms with van der Waals surface area (Å²) in [5.74, 6) is -0.0699. The zero-order chi connectivity index (χ0) is 18.8. The van der Waals surface area contributed by atoms with Crippen molar-refractivity contribution in [2.75, 3.05) is 5.32 Å². The Morgan fingerprint density at radius 1 is 1.27 bits per heavy atom. The van der Waals surface area contributed by atoms with Crippen LogP contribution >= 0.6 is 27.7 Å². The van der Waals surface area contributed by atoms with Gasteiger partial charge in [-0.1, -0.05) is 27.7 Å². The molecule has 3 rings (SSSR count). The Bertz CT molecular complexity index is 932. The van der Waals surface area contributed by atoms with E-state index in [2.05, 4.69) is 31.3 Å². The van der Waals surface area contributed by atoms with Crippen LogP contribution in [0.4, 0.5) is 5.69 Å². The lowest BCUT2D eigenvalue weighted by molar-refractivity contribution is -0.115. The molecule has 1 amide bonds. The number of amides is 1. The van der Waals surface area contributed by atoms with Crippen molar-refractivity contribution in [1.82, 2.24) is 19.3 Å². The Hall–Kier alpha value is -2.06. The number of benzene rings is 1. The van der Waals surface area contributed by atoms with Crippen LogP contribution in [0, 0.1) is 13.8 Å². The zero-order valence-electron chi connectivity index (χ0n) is 15.0. The molecule has 0 saturated carbocycles. The number of halogens is 1. The lowest BCUT2D eigenvalue weighted by Gasteiger charge is -2.13. The second-order valence-corrected chi connectivity index (χ2v) is 8.20. The van der Waals surface area contributed by atoms with Gasteiger partial charge in [-0.15, -0.1) is 0 Å². The first-order valence-electron chi connectivity index (χ1n) is 8.14. The SMILES string of the molecule is Cc1nn(C)c(C)c1NC(=O)C(C)Sc1nccn1-c1ccc(Br)cc1. The first-order valence-corrected chi connectivity index (χ1v) is 9.81. The summed E-state index contributed by atoms with van der Waals surface area (Å²) < 4.78 is 4.76. The Morgan fingerprint density at radius 2 is 1.96 bits per heavy atom. The van der Waals surface area contributed by atoms with Gasteiger partial charge < -0.3 is 5.32 Å². The van der Waals surface area contributed by atoms with Crippen LogP contribution in [-0.2, 0) is 11.8 Å². The maximum Gasteiger partial charge on any atom is 0.237 e. The molecule has 2 aromatic heterocycles. The van der Waals surface area contributed by atoms with Crippen LogP contribution in [0.3, 0.4) is 0 Å². The number of aryl methyl sites for hydroxylation is 2. The zero-order valence-corrected chi connectivity index (χ0v) is 17.4. The third-order valence-electron chi connectivity index (χ3n) is 4.12. The van der Waals surface area contributed by atoms with Gasteiger partial charge in [0.1, 0.15) is 0 Å². The van der Waals surface area contributed by atoms with Crippen LogP contribution < -0.4 is 5.32 Å². The summed E-state index contributed by atoms with van der Waals surface area (Å²) >= 11 is 4.86. The third kappa shape index (κ3) is 3.86. The molecule has 1 aromatic carbocycles. The Balaban J connectivity index is 1.74. The molecule has 0 aliphatic carbocycles. The molecule has 6 nitrogen and oxygen atoms in total. The number of thioether (sulfide) groups is 1. The largest absolute Gasteiger partial charge is 0.322 e.